The van der Waals surface area contributed by atoms with E-state index in [-0.39, 0.29) is 11.3 Å². The number of rotatable bonds is 5. The Kier molecular flexibility index (Phi) is 6.26. The lowest BCUT2D eigenvalue weighted by Gasteiger charge is -2.36. The number of carbonyl (C=O) groups is 1. The Morgan fingerprint density at radius 1 is 1.03 bits per heavy atom. The number of ether oxygens (including phenoxy) is 3. The summed E-state index contributed by atoms with van der Waals surface area (Å²) in [5.74, 6) is 0.997. The third-order valence-corrected chi connectivity index (χ3v) is 6.68. The van der Waals surface area contributed by atoms with E-state index in [9.17, 15) is 9.90 Å². The second kappa shape index (κ2) is 9.01. The minimum atomic E-state index is -0.920. The van der Waals surface area contributed by atoms with Crippen molar-refractivity contribution in [2.24, 2.45) is 11.3 Å². The first-order chi connectivity index (χ1) is 16.2. The Morgan fingerprint density at radius 3 is 2.24 bits per heavy atom. The fourth-order valence-corrected chi connectivity index (χ4v) is 4.77. The molecule has 0 amide bonds. The zero-order valence-electron chi connectivity index (χ0n) is 20.6. The summed E-state index contributed by atoms with van der Waals surface area (Å²) in [4.78, 5) is 17.4. The molecule has 0 saturated heterocycles. The molecule has 1 aromatic heterocycles. The number of para-hydroxylation sites is 1. The van der Waals surface area contributed by atoms with Crippen molar-refractivity contribution in [3.05, 3.63) is 58.8 Å². The predicted molar refractivity (Wildman–Crippen MR) is 134 cm³/mol. The molecule has 34 heavy (non-hydrogen) atoms. The molecule has 1 N–H and O–H groups in total. The highest BCUT2D eigenvalue weighted by molar-refractivity contribution is 6.06. The second-order valence-electron chi connectivity index (χ2n) is 9.74. The zero-order chi connectivity index (χ0) is 24.6. The Labute approximate surface area is 200 Å². The van der Waals surface area contributed by atoms with Crippen molar-refractivity contribution in [1.82, 2.24) is 4.98 Å². The van der Waals surface area contributed by atoms with Gasteiger partial charge in [-0.05, 0) is 65.1 Å². The number of benzene rings is 2. The van der Waals surface area contributed by atoms with Gasteiger partial charge in [0.1, 0.15) is 0 Å². The molecule has 2 aromatic carbocycles. The fraction of sp³-hybridized carbons (Fsp3) is 0.357. The number of allylic oxidation sites excluding steroid dienone is 1. The molecular formula is C28H31NO5. The van der Waals surface area contributed by atoms with Gasteiger partial charge in [-0.3, -0.25) is 0 Å². The highest BCUT2D eigenvalue weighted by atomic mass is 16.5. The van der Waals surface area contributed by atoms with Crippen molar-refractivity contribution in [3.63, 3.8) is 0 Å². The molecule has 178 valence electrons. The minimum Gasteiger partial charge on any atom is -0.493 e. The molecule has 1 atom stereocenters. The van der Waals surface area contributed by atoms with E-state index in [1.165, 1.54) is 0 Å². The van der Waals surface area contributed by atoms with Gasteiger partial charge in [-0.2, -0.15) is 0 Å². The van der Waals surface area contributed by atoms with Gasteiger partial charge in [0.15, 0.2) is 11.5 Å². The summed E-state index contributed by atoms with van der Waals surface area (Å²) in [6.45, 7) is 6.61. The summed E-state index contributed by atoms with van der Waals surface area (Å²) in [5, 5.41) is 10.9. The van der Waals surface area contributed by atoms with Gasteiger partial charge in [-0.15, -0.1) is 0 Å². The van der Waals surface area contributed by atoms with Crippen LogP contribution in [0.1, 0.15) is 54.4 Å². The number of hydrogen-bond donors (Lipinski definition) is 1. The molecule has 6 heteroatoms. The van der Waals surface area contributed by atoms with Crippen LogP contribution in [0.2, 0.25) is 0 Å². The van der Waals surface area contributed by atoms with Crippen LogP contribution in [-0.4, -0.2) is 37.4 Å². The van der Waals surface area contributed by atoms with Crippen molar-refractivity contribution >= 4 is 28.5 Å². The van der Waals surface area contributed by atoms with E-state index >= 15 is 0 Å². The van der Waals surface area contributed by atoms with Gasteiger partial charge in [0, 0.05) is 5.39 Å². The second-order valence-corrected chi connectivity index (χ2v) is 9.74. The van der Waals surface area contributed by atoms with Gasteiger partial charge >= 0.3 is 5.97 Å². The van der Waals surface area contributed by atoms with Crippen molar-refractivity contribution in [1.29, 1.82) is 0 Å². The largest absolute Gasteiger partial charge is 0.493 e. The maximum atomic E-state index is 12.5. The van der Waals surface area contributed by atoms with Crippen LogP contribution in [0.3, 0.4) is 0 Å². The van der Waals surface area contributed by atoms with E-state index in [0.717, 1.165) is 28.8 Å². The molecule has 1 heterocycles. The molecule has 3 aromatic rings. The smallest absolute Gasteiger partial charge is 0.336 e. The van der Waals surface area contributed by atoms with Crippen LogP contribution in [0, 0.1) is 11.3 Å². The highest BCUT2D eigenvalue weighted by Gasteiger charge is 2.35. The number of aromatic nitrogens is 1. The number of carboxylic acid groups (broad SMARTS) is 1. The highest BCUT2D eigenvalue weighted by Crippen LogP contribution is 2.46. The molecule has 1 aliphatic rings. The van der Waals surface area contributed by atoms with Gasteiger partial charge < -0.3 is 19.3 Å². The Bertz CT molecular complexity index is 1260. The normalized spacial score (nSPS) is 16.9. The summed E-state index contributed by atoms with van der Waals surface area (Å²) in [6, 6.07) is 11.3. The minimum absolute atomic E-state index is 0.00646. The molecule has 4 rings (SSSR count). The van der Waals surface area contributed by atoms with Gasteiger partial charge in [0.2, 0.25) is 5.75 Å². The molecule has 0 unspecified atom stereocenters. The van der Waals surface area contributed by atoms with Gasteiger partial charge in [0.05, 0.1) is 38.1 Å². The molecule has 0 radical (unpaired) electrons. The maximum absolute atomic E-state index is 12.5. The Balaban J connectivity index is 1.99. The van der Waals surface area contributed by atoms with Crippen molar-refractivity contribution < 1.29 is 24.1 Å². The Hall–Kier alpha value is -3.54. The van der Waals surface area contributed by atoms with E-state index < -0.39 is 5.97 Å². The number of carboxylic acids is 1. The monoisotopic (exact) mass is 461 g/mol. The van der Waals surface area contributed by atoms with E-state index in [1.807, 2.05) is 36.4 Å². The zero-order valence-corrected chi connectivity index (χ0v) is 20.6. The van der Waals surface area contributed by atoms with Crippen LogP contribution in [0.5, 0.6) is 17.2 Å². The number of hydrogen-bond acceptors (Lipinski definition) is 5. The van der Waals surface area contributed by atoms with Crippen LogP contribution in [0.25, 0.3) is 22.6 Å². The number of fused-ring (bicyclic) bond motifs is 2. The molecule has 1 aliphatic carbocycles. The van der Waals surface area contributed by atoms with Crippen LogP contribution in [-0.2, 0) is 6.42 Å². The average Bonchev–Trinajstić information content (AvgIpc) is 2.81. The van der Waals surface area contributed by atoms with Crippen LogP contribution in [0.15, 0.2) is 36.4 Å². The molecule has 0 saturated carbocycles. The molecule has 6 nitrogen and oxygen atoms in total. The van der Waals surface area contributed by atoms with Gasteiger partial charge in [-0.25, -0.2) is 9.78 Å². The molecule has 0 spiro atoms. The fourth-order valence-electron chi connectivity index (χ4n) is 4.77. The quantitative estimate of drug-likeness (QED) is 0.494. The maximum Gasteiger partial charge on any atom is 0.336 e. The lowest BCUT2D eigenvalue weighted by Crippen LogP contribution is -2.28. The van der Waals surface area contributed by atoms with E-state index in [4.69, 9.17) is 19.2 Å². The van der Waals surface area contributed by atoms with Crippen molar-refractivity contribution in [2.45, 2.75) is 33.6 Å². The average molecular weight is 462 g/mol. The predicted octanol–water partition coefficient (Wildman–Crippen LogP) is 6.11. The standard InChI is InChI=1S/C28H31NO5/c1-28(2,3)18-14-17(11-16-12-22(32-4)26(34-6)23(13-16)33-5)25-20(15-18)24(27(30)31)19-9-7-8-10-21(19)29-25/h7-13,18H,14-15H2,1-6H3,(H,30,31)/b17-11+/t18-/m0/s1. The number of aromatic carboxylic acids is 1. The van der Waals surface area contributed by atoms with Gasteiger partial charge in [-0.1, -0.05) is 39.0 Å². The number of methoxy groups -OCH3 is 3. The van der Waals surface area contributed by atoms with E-state index in [0.29, 0.717) is 40.1 Å². The first kappa shape index (κ1) is 23.6. The van der Waals surface area contributed by atoms with Crippen LogP contribution in [0.4, 0.5) is 0 Å². The summed E-state index contributed by atoms with van der Waals surface area (Å²) in [6.07, 6.45) is 3.52. The first-order valence-electron chi connectivity index (χ1n) is 11.3. The molecule has 0 fully saturated rings. The van der Waals surface area contributed by atoms with Crippen LogP contribution >= 0.6 is 0 Å². The SMILES string of the molecule is COc1cc(/C=C2\C[C@H](C(C)(C)C)Cc3c2nc2ccccc2c3C(=O)O)cc(OC)c1OC. The number of pyridine rings is 1. The van der Waals surface area contributed by atoms with E-state index in [1.54, 1.807) is 21.3 Å². The molecular weight excluding hydrogens is 430 g/mol. The topological polar surface area (TPSA) is 77.9 Å². The third kappa shape index (κ3) is 4.20. The van der Waals surface area contributed by atoms with Crippen molar-refractivity contribution in [2.75, 3.05) is 21.3 Å². The third-order valence-electron chi connectivity index (χ3n) is 6.68. The molecule has 0 aliphatic heterocycles. The lowest BCUT2D eigenvalue weighted by atomic mass is 9.69. The summed E-state index contributed by atoms with van der Waals surface area (Å²) in [7, 11) is 4.76. The lowest BCUT2D eigenvalue weighted by molar-refractivity contribution is 0.0696. The van der Waals surface area contributed by atoms with Crippen LogP contribution < -0.4 is 14.2 Å². The number of nitrogens with zero attached hydrogens (tertiary/aromatic N) is 1. The van der Waals surface area contributed by atoms with Crippen molar-refractivity contribution in [3.8, 4) is 17.2 Å². The molecule has 0 bridgehead atoms. The Morgan fingerprint density at radius 2 is 1.68 bits per heavy atom. The van der Waals surface area contributed by atoms with Gasteiger partial charge in [0.25, 0.3) is 0 Å². The summed E-state index contributed by atoms with van der Waals surface area (Å²) in [5.41, 5.74) is 4.46. The van der Waals surface area contributed by atoms with E-state index in [2.05, 4.69) is 26.8 Å². The summed E-state index contributed by atoms with van der Waals surface area (Å²) < 4.78 is 16.5. The first-order valence-corrected chi connectivity index (χ1v) is 11.3. The summed E-state index contributed by atoms with van der Waals surface area (Å²) >= 11 is 0.